The van der Waals surface area contributed by atoms with Crippen molar-refractivity contribution in [2.75, 3.05) is 42.0 Å². The minimum absolute atomic E-state index is 0.122. The first-order valence-electron chi connectivity index (χ1n) is 11.7. The molecular formula is C25H30N6O5S. The van der Waals surface area contributed by atoms with Gasteiger partial charge in [0.2, 0.25) is 5.91 Å². The van der Waals surface area contributed by atoms with E-state index in [-0.39, 0.29) is 29.0 Å². The van der Waals surface area contributed by atoms with Gasteiger partial charge in [0, 0.05) is 56.2 Å². The Bertz CT molecular complexity index is 1390. The first-order chi connectivity index (χ1) is 17.5. The average Bonchev–Trinajstić information content (AvgIpc) is 2.82. The summed E-state index contributed by atoms with van der Waals surface area (Å²) in [6.45, 7) is 7.03. The molecular weight excluding hydrogens is 496 g/mol. The van der Waals surface area contributed by atoms with Gasteiger partial charge in [-0.3, -0.25) is 9.78 Å². The topological polar surface area (TPSA) is 136 Å². The van der Waals surface area contributed by atoms with Gasteiger partial charge in [-0.05, 0) is 26.0 Å². The first-order valence-corrected chi connectivity index (χ1v) is 13.6. The lowest BCUT2D eigenvalue weighted by Crippen LogP contribution is -2.45. The molecule has 3 aromatic rings. The number of carbonyl (C=O) groups is 1. The largest absolute Gasteiger partial charge is 0.497 e. The maximum Gasteiger partial charge on any atom is 0.222 e. The van der Waals surface area contributed by atoms with E-state index in [0.29, 0.717) is 28.5 Å². The van der Waals surface area contributed by atoms with Gasteiger partial charge in [-0.25, -0.2) is 18.4 Å². The number of methoxy groups -OCH3 is 1. The molecule has 1 aliphatic rings. The standard InChI is InChI=1S/C25H30N6O5S/c1-15-13-31(14-16(2)36-15)18-6-7-21(26-11-18)20-12-27-23(28-17(3)32)10-22(20)29-24-8-19(35-4)9-25(30-24)37(5,33)34/h6-12,15-16H,13-14H2,1-5H3,(H2,27,28,29,30,32)/t15-,16+. The number of nitrogens with one attached hydrogen (secondary N) is 2. The zero-order valence-corrected chi connectivity index (χ0v) is 22.2. The maximum atomic E-state index is 12.1. The molecule has 196 valence electrons. The van der Waals surface area contributed by atoms with E-state index in [2.05, 4.69) is 30.5 Å². The minimum Gasteiger partial charge on any atom is -0.497 e. The Morgan fingerprint density at radius 3 is 2.41 bits per heavy atom. The molecule has 0 bridgehead atoms. The summed E-state index contributed by atoms with van der Waals surface area (Å²) >= 11 is 0. The van der Waals surface area contributed by atoms with Crippen molar-refractivity contribution in [3.8, 4) is 17.0 Å². The van der Waals surface area contributed by atoms with Crippen LogP contribution in [0.15, 0.2) is 47.8 Å². The van der Waals surface area contributed by atoms with Crippen LogP contribution in [0.5, 0.6) is 5.75 Å². The van der Waals surface area contributed by atoms with Crippen LogP contribution in [0.25, 0.3) is 11.3 Å². The zero-order chi connectivity index (χ0) is 26.7. The molecule has 11 nitrogen and oxygen atoms in total. The van der Waals surface area contributed by atoms with Crippen LogP contribution in [0.1, 0.15) is 20.8 Å². The quantitative estimate of drug-likeness (QED) is 0.472. The molecule has 1 fully saturated rings. The highest BCUT2D eigenvalue weighted by Crippen LogP contribution is 2.32. The normalized spacial score (nSPS) is 17.8. The van der Waals surface area contributed by atoms with Crippen molar-refractivity contribution in [3.05, 3.63) is 42.7 Å². The van der Waals surface area contributed by atoms with E-state index in [1.807, 2.05) is 26.0 Å². The predicted molar refractivity (Wildman–Crippen MR) is 141 cm³/mol. The molecule has 3 aromatic heterocycles. The molecule has 12 heteroatoms. The summed E-state index contributed by atoms with van der Waals surface area (Å²) < 4.78 is 35.4. The Balaban J connectivity index is 1.71. The number of rotatable bonds is 7. The van der Waals surface area contributed by atoms with Gasteiger partial charge in [0.15, 0.2) is 14.9 Å². The van der Waals surface area contributed by atoms with E-state index in [1.165, 1.54) is 20.1 Å². The van der Waals surface area contributed by atoms with Crippen molar-refractivity contribution in [2.24, 2.45) is 0 Å². The summed E-state index contributed by atoms with van der Waals surface area (Å²) in [6, 6.07) is 8.45. The smallest absolute Gasteiger partial charge is 0.222 e. The molecule has 1 saturated heterocycles. The monoisotopic (exact) mass is 526 g/mol. The fourth-order valence-electron chi connectivity index (χ4n) is 4.12. The van der Waals surface area contributed by atoms with Crippen LogP contribution in [0.3, 0.4) is 0 Å². The summed E-state index contributed by atoms with van der Waals surface area (Å²) in [5.74, 6) is 0.611. The molecule has 0 unspecified atom stereocenters. The van der Waals surface area contributed by atoms with Crippen LogP contribution in [-0.2, 0) is 19.4 Å². The van der Waals surface area contributed by atoms with E-state index in [9.17, 15) is 13.2 Å². The highest BCUT2D eigenvalue weighted by molar-refractivity contribution is 7.90. The van der Waals surface area contributed by atoms with E-state index in [1.54, 1.807) is 24.5 Å². The molecule has 0 spiro atoms. The van der Waals surface area contributed by atoms with Gasteiger partial charge >= 0.3 is 0 Å². The third-order valence-electron chi connectivity index (χ3n) is 5.67. The second kappa shape index (κ2) is 10.7. The lowest BCUT2D eigenvalue weighted by molar-refractivity contribution is -0.114. The van der Waals surface area contributed by atoms with Gasteiger partial charge < -0.3 is 25.0 Å². The number of morpholine rings is 1. The molecule has 2 atom stereocenters. The highest BCUT2D eigenvalue weighted by atomic mass is 32.2. The van der Waals surface area contributed by atoms with Crippen molar-refractivity contribution < 1.29 is 22.7 Å². The number of sulfone groups is 1. The predicted octanol–water partition coefficient (Wildman–Crippen LogP) is 3.27. The van der Waals surface area contributed by atoms with Crippen molar-refractivity contribution >= 4 is 38.8 Å². The maximum absolute atomic E-state index is 12.1. The Labute approximate surface area is 216 Å². The number of pyridine rings is 3. The summed E-state index contributed by atoms with van der Waals surface area (Å²) in [5, 5.41) is 5.67. The number of nitrogens with zero attached hydrogens (tertiary/aromatic N) is 4. The average molecular weight is 527 g/mol. The lowest BCUT2D eigenvalue weighted by Gasteiger charge is -2.36. The second-order valence-electron chi connectivity index (χ2n) is 8.99. The van der Waals surface area contributed by atoms with Crippen LogP contribution in [0, 0.1) is 0 Å². The van der Waals surface area contributed by atoms with Gasteiger partial charge in [0.25, 0.3) is 0 Å². The Kier molecular flexibility index (Phi) is 7.60. The van der Waals surface area contributed by atoms with Crippen LogP contribution >= 0.6 is 0 Å². The molecule has 0 aromatic carbocycles. The Morgan fingerprint density at radius 1 is 1.08 bits per heavy atom. The first kappa shape index (κ1) is 26.3. The molecule has 4 rings (SSSR count). The lowest BCUT2D eigenvalue weighted by atomic mass is 10.1. The summed E-state index contributed by atoms with van der Waals surface area (Å²) in [6.07, 6.45) is 4.71. The van der Waals surface area contributed by atoms with Crippen LogP contribution in [-0.4, -0.2) is 67.9 Å². The third-order valence-corrected chi connectivity index (χ3v) is 6.64. The molecule has 0 radical (unpaired) electrons. The molecule has 2 N–H and O–H groups in total. The third kappa shape index (κ3) is 6.52. The number of carbonyl (C=O) groups excluding carboxylic acids is 1. The Morgan fingerprint density at radius 2 is 1.81 bits per heavy atom. The molecule has 37 heavy (non-hydrogen) atoms. The second-order valence-corrected chi connectivity index (χ2v) is 11.0. The SMILES string of the molecule is COc1cc(Nc2cc(NC(C)=O)ncc2-c2ccc(N3C[C@@H](C)O[C@@H](C)C3)cn2)nc(S(C)(=O)=O)c1. The number of hydrogen-bond acceptors (Lipinski definition) is 10. The molecule has 0 aliphatic carbocycles. The molecule has 0 saturated carbocycles. The zero-order valence-electron chi connectivity index (χ0n) is 21.3. The van der Waals surface area contributed by atoms with Crippen molar-refractivity contribution in [1.82, 2.24) is 15.0 Å². The van der Waals surface area contributed by atoms with Gasteiger partial charge in [-0.2, -0.15) is 0 Å². The summed E-state index contributed by atoms with van der Waals surface area (Å²) in [4.78, 5) is 27.1. The fourth-order valence-corrected chi connectivity index (χ4v) is 4.72. The molecule has 1 amide bonds. The van der Waals surface area contributed by atoms with Gasteiger partial charge in [0.1, 0.15) is 17.4 Å². The van der Waals surface area contributed by atoms with Gasteiger partial charge in [-0.1, -0.05) is 0 Å². The number of hydrogen-bond donors (Lipinski definition) is 2. The van der Waals surface area contributed by atoms with Crippen molar-refractivity contribution in [3.63, 3.8) is 0 Å². The van der Waals surface area contributed by atoms with Gasteiger partial charge in [0.05, 0.1) is 42.6 Å². The van der Waals surface area contributed by atoms with Crippen LogP contribution in [0.4, 0.5) is 23.0 Å². The fraction of sp³-hybridized carbons (Fsp3) is 0.360. The van der Waals surface area contributed by atoms with Crippen LogP contribution < -0.4 is 20.3 Å². The van der Waals surface area contributed by atoms with Crippen molar-refractivity contribution in [2.45, 2.75) is 38.0 Å². The summed E-state index contributed by atoms with van der Waals surface area (Å²) in [5.41, 5.74) is 2.77. The van der Waals surface area contributed by atoms with Crippen molar-refractivity contribution in [1.29, 1.82) is 0 Å². The molecule has 1 aliphatic heterocycles. The van der Waals surface area contributed by atoms with Gasteiger partial charge in [-0.15, -0.1) is 0 Å². The highest BCUT2D eigenvalue weighted by Gasteiger charge is 2.23. The number of amides is 1. The molecule has 4 heterocycles. The van der Waals surface area contributed by atoms with Crippen LogP contribution in [0.2, 0.25) is 0 Å². The number of ether oxygens (including phenoxy) is 2. The number of aromatic nitrogens is 3. The summed E-state index contributed by atoms with van der Waals surface area (Å²) in [7, 11) is -2.14. The number of anilines is 4. The van der Waals surface area contributed by atoms with E-state index >= 15 is 0 Å². The minimum atomic E-state index is -3.59. The van der Waals surface area contributed by atoms with E-state index in [4.69, 9.17) is 9.47 Å². The van der Waals surface area contributed by atoms with E-state index < -0.39 is 9.84 Å². The Hall–Kier alpha value is -3.77. The van der Waals surface area contributed by atoms with E-state index in [0.717, 1.165) is 25.0 Å².